The monoisotopic (exact) mass is 332 g/mol. The number of aromatic nitrogens is 1. The van der Waals surface area contributed by atoms with E-state index in [0.717, 1.165) is 10.4 Å². The van der Waals surface area contributed by atoms with Crippen LogP contribution in [0.15, 0.2) is 24.5 Å². The number of rotatable bonds is 5. The van der Waals surface area contributed by atoms with Crippen molar-refractivity contribution in [3.05, 3.63) is 46.1 Å². The largest absolute Gasteiger partial charge is 0.459 e. The van der Waals surface area contributed by atoms with Crippen molar-refractivity contribution in [2.75, 3.05) is 5.32 Å². The number of hydrogen-bond acceptors (Lipinski definition) is 5. The van der Waals surface area contributed by atoms with Crippen LogP contribution in [0.3, 0.4) is 0 Å². The summed E-state index contributed by atoms with van der Waals surface area (Å²) in [7, 11) is 0. The highest BCUT2D eigenvalue weighted by Crippen LogP contribution is 2.34. The van der Waals surface area contributed by atoms with E-state index in [9.17, 15) is 9.59 Å². The molecule has 0 spiro atoms. The smallest absolute Gasteiger partial charge is 0.341 e. The van der Waals surface area contributed by atoms with Gasteiger partial charge in [0.2, 0.25) is 0 Å². The van der Waals surface area contributed by atoms with E-state index in [-0.39, 0.29) is 12.0 Å². The van der Waals surface area contributed by atoms with Gasteiger partial charge in [-0.3, -0.25) is 9.78 Å². The number of ether oxygens (including phenoxy) is 1. The van der Waals surface area contributed by atoms with Crippen LogP contribution in [0.1, 0.15) is 51.9 Å². The third-order valence-electron chi connectivity index (χ3n) is 3.28. The number of nitrogens with one attached hydrogen (secondary N) is 1. The SMILES string of the molecule is CCc1c(C)sc(NC(=O)c2ccncc2)c1C(=O)OC(C)C. The molecule has 0 saturated heterocycles. The molecule has 0 unspecified atom stereocenters. The summed E-state index contributed by atoms with van der Waals surface area (Å²) in [6.45, 7) is 7.53. The summed E-state index contributed by atoms with van der Waals surface area (Å²) in [5.41, 5.74) is 1.88. The van der Waals surface area contributed by atoms with Gasteiger partial charge in [0.1, 0.15) is 5.00 Å². The zero-order valence-electron chi connectivity index (χ0n) is 13.7. The van der Waals surface area contributed by atoms with E-state index in [4.69, 9.17) is 4.74 Å². The van der Waals surface area contributed by atoms with Crippen LogP contribution >= 0.6 is 11.3 Å². The number of hydrogen-bond donors (Lipinski definition) is 1. The second-order valence-electron chi connectivity index (χ2n) is 5.34. The highest BCUT2D eigenvalue weighted by molar-refractivity contribution is 7.16. The first-order valence-corrected chi connectivity index (χ1v) is 8.30. The van der Waals surface area contributed by atoms with Crippen molar-refractivity contribution >= 4 is 28.2 Å². The average molecular weight is 332 g/mol. The van der Waals surface area contributed by atoms with Crippen LogP contribution in [0.5, 0.6) is 0 Å². The minimum atomic E-state index is -0.397. The van der Waals surface area contributed by atoms with Gasteiger partial charge in [0.05, 0.1) is 11.7 Å². The maximum atomic E-state index is 12.4. The molecule has 0 atom stereocenters. The van der Waals surface area contributed by atoms with E-state index >= 15 is 0 Å². The number of anilines is 1. The van der Waals surface area contributed by atoms with Crippen LogP contribution in [-0.2, 0) is 11.2 Å². The lowest BCUT2D eigenvalue weighted by Gasteiger charge is -2.11. The van der Waals surface area contributed by atoms with E-state index in [2.05, 4.69) is 10.3 Å². The number of carbonyl (C=O) groups is 2. The normalized spacial score (nSPS) is 10.7. The Balaban J connectivity index is 2.35. The Hall–Kier alpha value is -2.21. The number of pyridine rings is 1. The van der Waals surface area contributed by atoms with Crippen molar-refractivity contribution in [2.24, 2.45) is 0 Å². The average Bonchev–Trinajstić information content (AvgIpc) is 2.82. The predicted octanol–water partition coefficient (Wildman–Crippen LogP) is 3.83. The molecule has 0 radical (unpaired) electrons. The Labute approximate surface area is 139 Å². The summed E-state index contributed by atoms with van der Waals surface area (Å²) in [6, 6.07) is 3.26. The minimum Gasteiger partial charge on any atom is -0.459 e. The standard InChI is InChI=1S/C17H20N2O3S/c1-5-13-11(4)23-16(14(13)17(21)22-10(2)3)19-15(20)12-6-8-18-9-7-12/h6-10H,5H2,1-4H3,(H,19,20). The Kier molecular flexibility index (Phi) is 5.50. The van der Waals surface area contributed by atoms with Crippen LogP contribution in [-0.4, -0.2) is 23.0 Å². The molecule has 2 aromatic rings. The van der Waals surface area contributed by atoms with Gasteiger partial charge in [-0.2, -0.15) is 0 Å². The first-order chi connectivity index (χ1) is 10.9. The summed E-state index contributed by atoms with van der Waals surface area (Å²) >= 11 is 1.40. The second kappa shape index (κ2) is 7.37. The van der Waals surface area contributed by atoms with Gasteiger partial charge in [-0.25, -0.2) is 4.79 Å². The number of amides is 1. The van der Waals surface area contributed by atoms with Gasteiger partial charge in [-0.15, -0.1) is 11.3 Å². The third kappa shape index (κ3) is 3.96. The van der Waals surface area contributed by atoms with Crippen LogP contribution in [0, 0.1) is 6.92 Å². The number of thiophene rings is 1. The van der Waals surface area contributed by atoms with E-state index in [1.54, 1.807) is 38.4 Å². The highest BCUT2D eigenvalue weighted by atomic mass is 32.1. The van der Waals surface area contributed by atoms with E-state index in [0.29, 0.717) is 22.5 Å². The summed E-state index contributed by atoms with van der Waals surface area (Å²) in [6.07, 6.45) is 3.60. The topological polar surface area (TPSA) is 68.3 Å². The lowest BCUT2D eigenvalue weighted by molar-refractivity contribution is 0.0378. The molecule has 0 fully saturated rings. The zero-order valence-corrected chi connectivity index (χ0v) is 14.5. The van der Waals surface area contributed by atoms with Gasteiger partial charge in [0.15, 0.2) is 0 Å². The molecule has 2 heterocycles. The number of carbonyl (C=O) groups excluding carboxylic acids is 2. The van der Waals surface area contributed by atoms with Gasteiger partial charge >= 0.3 is 5.97 Å². The lowest BCUT2D eigenvalue weighted by Crippen LogP contribution is -2.17. The van der Waals surface area contributed by atoms with Gasteiger partial charge in [0.25, 0.3) is 5.91 Å². The van der Waals surface area contributed by atoms with Crippen molar-refractivity contribution in [3.63, 3.8) is 0 Å². The Morgan fingerprint density at radius 1 is 1.30 bits per heavy atom. The summed E-state index contributed by atoms with van der Waals surface area (Å²) in [4.78, 5) is 29.6. The third-order valence-corrected chi connectivity index (χ3v) is 4.34. The van der Waals surface area contributed by atoms with Crippen molar-refractivity contribution in [1.82, 2.24) is 4.98 Å². The molecule has 1 N–H and O–H groups in total. The predicted molar refractivity (Wildman–Crippen MR) is 91.2 cm³/mol. The highest BCUT2D eigenvalue weighted by Gasteiger charge is 2.24. The Bertz CT molecular complexity index is 708. The molecule has 6 heteroatoms. The molecule has 0 bridgehead atoms. The maximum absolute atomic E-state index is 12.4. The number of nitrogens with zero attached hydrogens (tertiary/aromatic N) is 1. The fourth-order valence-electron chi connectivity index (χ4n) is 2.26. The maximum Gasteiger partial charge on any atom is 0.341 e. The molecule has 0 aliphatic heterocycles. The second-order valence-corrected chi connectivity index (χ2v) is 6.56. The van der Waals surface area contributed by atoms with Gasteiger partial charge in [-0.05, 0) is 44.9 Å². The fourth-order valence-corrected chi connectivity index (χ4v) is 3.39. The summed E-state index contributed by atoms with van der Waals surface area (Å²) in [5, 5.41) is 3.36. The molecular formula is C17H20N2O3S. The fraction of sp³-hybridized carbons (Fsp3) is 0.353. The molecule has 0 aliphatic rings. The van der Waals surface area contributed by atoms with Crippen LogP contribution in [0.4, 0.5) is 5.00 Å². The number of aryl methyl sites for hydroxylation is 1. The molecular weight excluding hydrogens is 312 g/mol. The molecule has 2 aromatic heterocycles. The number of esters is 1. The summed E-state index contributed by atoms with van der Waals surface area (Å²) in [5.74, 6) is -0.666. The van der Waals surface area contributed by atoms with Crippen LogP contribution in [0.25, 0.3) is 0 Å². The van der Waals surface area contributed by atoms with Gasteiger partial charge < -0.3 is 10.1 Å². The Morgan fingerprint density at radius 2 is 1.96 bits per heavy atom. The molecule has 5 nitrogen and oxygen atoms in total. The van der Waals surface area contributed by atoms with Gasteiger partial charge in [-0.1, -0.05) is 6.92 Å². The van der Waals surface area contributed by atoms with E-state index in [1.165, 1.54) is 11.3 Å². The van der Waals surface area contributed by atoms with Crippen LogP contribution < -0.4 is 5.32 Å². The molecule has 23 heavy (non-hydrogen) atoms. The Morgan fingerprint density at radius 3 is 2.52 bits per heavy atom. The summed E-state index contributed by atoms with van der Waals surface area (Å²) < 4.78 is 5.33. The lowest BCUT2D eigenvalue weighted by atomic mass is 10.1. The van der Waals surface area contributed by atoms with Crippen LogP contribution in [0.2, 0.25) is 0 Å². The quantitative estimate of drug-likeness (QED) is 0.845. The van der Waals surface area contributed by atoms with Crippen molar-refractivity contribution in [1.29, 1.82) is 0 Å². The molecule has 0 aromatic carbocycles. The molecule has 0 aliphatic carbocycles. The van der Waals surface area contributed by atoms with E-state index < -0.39 is 5.97 Å². The molecule has 1 amide bonds. The van der Waals surface area contributed by atoms with Gasteiger partial charge in [0, 0.05) is 22.8 Å². The molecule has 2 rings (SSSR count). The van der Waals surface area contributed by atoms with E-state index in [1.807, 2.05) is 13.8 Å². The zero-order chi connectivity index (χ0) is 17.0. The first-order valence-electron chi connectivity index (χ1n) is 7.48. The van der Waals surface area contributed by atoms with Crippen molar-refractivity contribution in [2.45, 2.75) is 40.2 Å². The minimum absolute atomic E-state index is 0.212. The first kappa shape index (κ1) is 17.1. The van der Waals surface area contributed by atoms with Crippen molar-refractivity contribution < 1.29 is 14.3 Å². The molecule has 0 saturated carbocycles. The molecule has 122 valence electrons. The van der Waals surface area contributed by atoms with Crippen molar-refractivity contribution in [3.8, 4) is 0 Å².